The zero-order chi connectivity index (χ0) is 11.4. The van der Waals surface area contributed by atoms with E-state index in [4.69, 9.17) is 0 Å². The number of nitrogens with one attached hydrogen (secondary N) is 2. The predicted octanol–water partition coefficient (Wildman–Crippen LogP) is 1.31. The molecule has 2 fully saturated rings. The van der Waals surface area contributed by atoms with E-state index in [1.807, 2.05) is 0 Å². The first kappa shape index (κ1) is 10.7. The van der Waals surface area contributed by atoms with E-state index in [1.165, 1.54) is 0 Å². The van der Waals surface area contributed by atoms with E-state index in [0.29, 0.717) is 5.92 Å². The molecule has 0 spiro atoms. The van der Waals surface area contributed by atoms with Crippen LogP contribution in [0.4, 0.5) is 4.79 Å². The number of rotatable bonds is 1. The van der Waals surface area contributed by atoms with Crippen LogP contribution in [0.3, 0.4) is 0 Å². The Kier molecular flexibility index (Phi) is 2.02. The third-order valence-electron chi connectivity index (χ3n) is 4.00. The van der Waals surface area contributed by atoms with E-state index < -0.39 is 8.07 Å². The number of amides is 3. The van der Waals surface area contributed by atoms with Crippen molar-refractivity contribution in [2.75, 3.05) is 0 Å². The van der Waals surface area contributed by atoms with Gasteiger partial charge in [-0.15, -0.1) is 0 Å². The Hall–Kier alpha value is -0.843. The van der Waals surface area contributed by atoms with Crippen LogP contribution in [-0.2, 0) is 4.79 Å². The number of imide groups is 1. The Balaban J connectivity index is 2.38. The van der Waals surface area contributed by atoms with E-state index in [0.717, 1.165) is 6.42 Å². The van der Waals surface area contributed by atoms with Gasteiger partial charge in [0.25, 0.3) is 0 Å². The number of hydrogen-bond donors (Lipinski definition) is 2. The highest BCUT2D eigenvalue weighted by Crippen LogP contribution is 2.59. The number of carbonyl (C=O) groups excluding carboxylic acids is 2. The molecule has 0 radical (unpaired) electrons. The summed E-state index contributed by atoms with van der Waals surface area (Å²) in [6, 6.07) is -0.268. The van der Waals surface area contributed by atoms with Crippen LogP contribution in [0.15, 0.2) is 0 Å². The smallest absolute Gasteiger partial charge is 0.321 e. The van der Waals surface area contributed by atoms with Gasteiger partial charge in [-0.1, -0.05) is 26.6 Å². The Bertz CT molecular complexity index is 337. The average Bonchev–Trinajstić information content (AvgIpc) is 2.06. The Labute approximate surface area is 90.8 Å². The van der Waals surface area contributed by atoms with Crippen LogP contribution in [0.5, 0.6) is 0 Å². The first-order valence-electron chi connectivity index (χ1n) is 5.41. The monoisotopic (exact) mass is 226 g/mol. The number of hydrogen-bond acceptors (Lipinski definition) is 2. The van der Waals surface area contributed by atoms with Gasteiger partial charge in [0.05, 0.1) is 13.1 Å². The molecule has 84 valence electrons. The summed E-state index contributed by atoms with van der Waals surface area (Å²) < 4.78 is 0. The van der Waals surface area contributed by atoms with Crippen molar-refractivity contribution in [3.8, 4) is 0 Å². The van der Waals surface area contributed by atoms with Crippen LogP contribution < -0.4 is 10.6 Å². The summed E-state index contributed by atoms with van der Waals surface area (Å²) in [5.41, 5.74) is 0. The second kappa shape index (κ2) is 2.84. The van der Waals surface area contributed by atoms with Crippen molar-refractivity contribution >= 4 is 20.0 Å². The highest BCUT2D eigenvalue weighted by atomic mass is 28.3. The standard InChI is InChI=1S/C10H18N2O2Si/c1-6-5-10(15(2,3)4)7(6)11-9(14)12-8(10)13/h6-7H,5H2,1-4H3,(H2,11,12,13,14). The van der Waals surface area contributed by atoms with Gasteiger partial charge in [-0.05, 0) is 12.3 Å². The summed E-state index contributed by atoms with van der Waals surface area (Å²) in [6.07, 6.45) is 0.916. The van der Waals surface area contributed by atoms with Crippen LogP contribution in [0.25, 0.3) is 0 Å². The lowest BCUT2D eigenvalue weighted by Crippen LogP contribution is -2.75. The maximum Gasteiger partial charge on any atom is 0.321 e. The normalized spacial score (nSPS) is 40.0. The van der Waals surface area contributed by atoms with Crippen molar-refractivity contribution in [1.82, 2.24) is 10.6 Å². The molecular weight excluding hydrogens is 208 g/mol. The van der Waals surface area contributed by atoms with Crippen LogP contribution in [0.2, 0.25) is 24.7 Å². The second-order valence-corrected chi connectivity index (χ2v) is 11.2. The van der Waals surface area contributed by atoms with Gasteiger partial charge in [0.2, 0.25) is 5.91 Å². The topological polar surface area (TPSA) is 58.2 Å². The number of carbonyl (C=O) groups is 2. The molecule has 1 saturated carbocycles. The molecule has 2 rings (SSSR count). The zero-order valence-corrected chi connectivity index (χ0v) is 10.7. The molecule has 1 aliphatic heterocycles. The minimum Gasteiger partial charge on any atom is -0.334 e. The molecule has 3 amide bonds. The molecule has 15 heavy (non-hydrogen) atoms. The molecule has 2 aliphatic rings. The quantitative estimate of drug-likeness (QED) is 0.662. The van der Waals surface area contributed by atoms with E-state index >= 15 is 0 Å². The van der Waals surface area contributed by atoms with Gasteiger partial charge in [0.15, 0.2) is 0 Å². The SMILES string of the molecule is CC1CC2([Si](C)(C)C)C(=O)NC(=O)NC12. The Morgan fingerprint density at radius 3 is 2.40 bits per heavy atom. The molecule has 0 aromatic rings. The fraction of sp³-hybridized carbons (Fsp3) is 0.800. The minimum atomic E-state index is -1.62. The lowest BCUT2D eigenvalue weighted by Gasteiger charge is -2.60. The van der Waals surface area contributed by atoms with Crippen molar-refractivity contribution in [2.45, 2.75) is 44.1 Å². The van der Waals surface area contributed by atoms with Gasteiger partial charge >= 0.3 is 6.03 Å². The number of fused-ring (bicyclic) bond motifs is 1. The summed E-state index contributed by atoms with van der Waals surface area (Å²) in [5.74, 6) is 0.375. The number of urea groups is 1. The van der Waals surface area contributed by atoms with Crippen LogP contribution >= 0.6 is 0 Å². The predicted molar refractivity (Wildman–Crippen MR) is 60.3 cm³/mol. The third kappa shape index (κ3) is 1.19. The highest BCUT2D eigenvalue weighted by Gasteiger charge is 2.66. The Morgan fingerprint density at radius 2 is 1.93 bits per heavy atom. The fourth-order valence-electron chi connectivity index (χ4n) is 3.08. The summed E-state index contributed by atoms with van der Waals surface area (Å²) in [6.45, 7) is 8.69. The van der Waals surface area contributed by atoms with E-state index in [-0.39, 0.29) is 23.0 Å². The largest absolute Gasteiger partial charge is 0.334 e. The van der Waals surface area contributed by atoms with Gasteiger partial charge in [-0.25, -0.2) is 4.79 Å². The molecule has 0 aromatic heterocycles. The van der Waals surface area contributed by atoms with E-state index in [1.54, 1.807) is 0 Å². The molecule has 1 saturated heterocycles. The van der Waals surface area contributed by atoms with Crippen LogP contribution in [0, 0.1) is 5.92 Å². The van der Waals surface area contributed by atoms with Crippen molar-refractivity contribution in [2.24, 2.45) is 5.92 Å². The van der Waals surface area contributed by atoms with E-state index in [2.05, 4.69) is 37.2 Å². The summed E-state index contributed by atoms with van der Waals surface area (Å²) in [5, 5.41) is 5.05. The zero-order valence-electron chi connectivity index (χ0n) is 9.68. The maximum absolute atomic E-state index is 12.0. The minimum absolute atomic E-state index is 0.0477. The molecular formula is C10H18N2O2Si. The first-order chi connectivity index (χ1) is 6.79. The van der Waals surface area contributed by atoms with Gasteiger partial charge < -0.3 is 5.32 Å². The Morgan fingerprint density at radius 1 is 1.33 bits per heavy atom. The lowest BCUT2D eigenvalue weighted by molar-refractivity contribution is -0.130. The fourth-order valence-corrected chi connectivity index (χ4v) is 6.05. The van der Waals surface area contributed by atoms with Crippen molar-refractivity contribution in [3.63, 3.8) is 0 Å². The lowest BCUT2D eigenvalue weighted by atomic mass is 9.68. The molecule has 5 heteroatoms. The molecule has 1 aliphatic carbocycles. The summed E-state index contributed by atoms with van der Waals surface area (Å²) >= 11 is 0. The molecule has 0 bridgehead atoms. The van der Waals surface area contributed by atoms with Gasteiger partial charge in [-0.3, -0.25) is 10.1 Å². The summed E-state index contributed by atoms with van der Waals surface area (Å²) in [4.78, 5) is 23.3. The van der Waals surface area contributed by atoms with Gasteiger partial charge in [0, 0.05) is 6.04 Å². The van der Waals surface area contributed by atoms with Gasteiger partial charge in [0.1, 0.15) is 0 Å². The first-order valence-corrected chi connectivity index (χ1v) is 8.91. The molecule has 4 nitrogen and oxygen atoms in total. The van der Waals surface area contributed by atoms with E-state index in [9.17, 15) is 9.59 Å². The van der Waals surface area contributed by atoms with Crippen LogP contribution in [-0.4, -0.2) is 26.1 Å². The highest BCUT2D eigenvalue weighted by molar-refractivity contribution is 6.83. The molecule has 1 heterocycles. The molecule has 0 aromatic carbocycles. The van der Waals surface area contributed by atoms with Crippen molar-refractivity contribution in [1.29, 1.82) is 0 Å². The average molecular weight is 226 g/mol. The van der Waals surface area contributed by atoms with Crippen molar-refractivity contribution < 1.29 is 9.59 Å². The molecule has 2 N–H and O–H groups in total. The molecule has 3 unspecified atom stereocenters. The third-order valence-corrected chi connectivity index (χ3v) is 7.42. The van der Waals surface area contributed by atoms with Gasteiger partial charge in [-0.2, -0.15) is 0 Å². The van der Waals surface area contributed by atoms with Crippen LogP contribution in [0.1, 0.15) is 13.3 Å². The maximum atomic E-state index is 12.0. The van der Waals surface area contributed by atoms with Crippen molar-refractivity contribution in [3.05, 3.63) is 0 Å². The summed E-state index contributed by atoms with van der Waals surface area (Å²) in [7, 11) is -1.62. The second-order valence-electron chi connectivity index (χ2n) is 5.81. The molecule has 3 atom stereocenters.